The molecule has 0 aliphatic carbocycles. The van der Waals surface area contributed by atoms with Gasteiger partial charge in [0.2, 0.25) is 0 Å². The molecule has 1 N–H and O–H groups in total. The number of hydrogen-bond donors (Lipinski definition) is 1. The lowest BCUT2D eigenvalue weighted by Gasteiger charge is -2.14. The van der Waals surface area contributed by atoms with Crippen molar-refractivity contribution in [3.05, 3.63) is 41.3 Å². The largest absolute Gasteiger partial charge is 0.318 e. The smallest absolute Gasteiger partial charge is 0.279 e. The van der Waals surface area contributed by atoms with E-state index in [1.165, 1.54) is 11.8 Å². The number of aryl methyl sites for hydroxylation is 1. The van der Waals surface area contributed by atoms with Gasteiger partial charge in [-0.2, -0.15) is 8.42 Å². The Bertz CT molecular complexity index is 873. The third-order valence-corrected chi connectivity index (χ3v) is 6.16. The lowest BCUT2D eigenvalue weighted by atomic mass is 10.1. The van der Waals surface area contributed by atoms with Gasteiger partial charge >= 0.3 is 0 Å². The molecule has 2 aromatic rings. The summed E-state index contributed by atoms with van der Waals surface area (Å²) in [6.45, 7) is 5.60. The second kappa shape index (κ2) is 5.89. The third-order valence-electron chi connectivity index (χ3n) is 4.79. The van der Waals surface area contributed by atoms with Gasteiger partial charge in [0.25, 0.3) is 10.0 Å². The van der Waals surface area contributed by atoms with Crippen molar-refractivity contribution in [2.75, 3.05) is 11.3 Å². The van der Waals surface area contributed by atoms with Crippen molar-refractivity contribution in [2.45, 2.75) is 50.8 Å². The molecule has 0 spiro atoms. The highest BCUT2D eigenvalue weighted by atomic mass is 32.2. The average Bonchev–Trinajstić information content (AvgIpc) is 3.21. The molecular formula is C17H22N4O2S. The van der Waals surface area contributed by atoms with Crippen molar-refractivity contribution < 1.29 is 8.42 Å². The maximum atomic E-state index is 12.8. The molecule has 1 aromatic carbocycles. The molecule has 24 heavy (non-hydrogen) atoms. The number of benzene rings is 1. The summed E-state index contributed by atoms with van der Waals surface area (Å²) in [7, 11) is -3.61. The van der Waals surface area contributed by atoms with Crippen LogP contribution >= 0.6 is 0 Å². The van der Waals surface area contributed by atoms with Crippen molar-refractivity contribution in [3.8, 4) is 0 Å². The number of nitrogens with zero attached hydrogens (tertiary/aromatic N) is 3. The molecule has 0 amide bonds. The molecule has 2 aliphatic heterocycles. The molecule has 0 bridgehead atoms. The van der Waals surface area contributed by atoms with Crippen molar-refractivity contribution in [2.24, 2.45) is 0 Å². The van der Waals surface area contributed by atoms with Gasteiger partial charge in [0, 0.05) is 26.1 Å². The Morgan fingerprint density at radius 1 is 1.29 bits per heavy atom. The SMILES string of the molecule is CCCN1Cc2cccc(NS(=O)(=O)c3cnc4n3CCC4)c2C1. The molecule has 6 nitrogen and oxygen atoms in total. The van der Waals surface area contributed by atoms with Crippen molar-refractivity contribution >= 4 is 15.7 Å². The summed E-state index contributed by atoms with van der Waals surface area (Å²) < 4.78 is 30.3. The Hall–Kier alpha value is -1.86. The second-order valence-corrected chi connectivity index (χ2v) is 8.16. The number of nitrogens with one attached hydrogen (secondary N) is 1. The third kappa shape index (κ3) is 2.61. The molecule has 4 rings (SSSR count). The molecule has 2 aliphatic rings. The van der Waals surface area contributed by atoms with Gasteiger partial charge < -0.3 is 4.57 Å². The summed E-state index contributed by atoms with van der Waals surface area (Å²) in [5.74, 6) is 0.864. The van der Waals surface area contributed by atoms with Crippen LogP contribution in [0.3, 0.4) is 0 Å². The zero-order valence-electron chi connectivity index (χ0n) is 13.8. The Balaban J connectivity index is 1.64. The highest BCUT2D eigenvalue weighted by Gasteiger charge is 2.27. The summed E-state index contributed by atoms with van der Waals surface area (Å²) in [4.78, 5) is 6.60. The molecule has 3 heterocycles. The van der Waals surface area contributed by atoms with Crippen LogP contribution in [0.5, 0.6) is 0 Å². The molecule has 0 saturated heterocycles. The van der Waals surface area contributed by atoms with Crippen molar-refractivity contribution in [3.63, 3.8) is 0 Å². The topological polar surface area (TPSA) is 67.2 Å². The van der Waals surface area contributed by atoms with Gasteiger partial charge in [-0.05, 0) is 36.6 Å². The number of sulfonamides is 1. The molecule has 0 fully saturated rings. The van der Waals surface area contributed by atoms with E-state index < -0.39 is 10.0 Å². The summed E-state index contributed by atoms with van der Waals surface area (Å²) >= 11 is 0. The summed E-state index contributed by atoms with van der Waals surface area (Å²) in [6, 6.07) is 5.86. The van der Waals surface area contributed by atoms with Crippen LogP contribution in [0.2, 0.25) is 0 Å². The van der Waals surface area contributed by atoms with E-state index in [-0.39, 0.29) is 5.03 Å². The lowest BCUT2D eigenvalue weighted by molar-refractivity contribution is 0.285. The Labute approximate surface area is 142 Å². The van der Waals surface area contributed by atoms with Crippen LogP contribution in [0.4, 0.5) is 5.69 Å². The van der Waals surface area contributed by atoms with Gasteiger partial charge in [-0.3, -0.25) is 9.62 Å². The second-order valence-electron chi connectivity index (χ2n) is 6.53. The zero-order valence-corrected chi connectivity index (χ0v) is 14.6. The highest BCUT2D eigenvalue weighted by molar-refractivity contribution is 7.92. The van der Waals surface area contributed by atoms with Gasteiger partial charge in [-0.1, -0.05) is 19.1 Å². The van der Waals surface area contributed by atoms with Crippen LogP contribution in [0.1, 0.15) is 36.7 Å². The maximum Gasteiger partial charge on any atom is 0.279 e. The quantitative estimate of drug-likeness (QED) is 0.902. The van der Waals surface area contributed by atoms with Crippen LogP contribution in [-0.4, -0.2) is 29.4 Å². The van der Waals surface area contributed by atoms with Gasteiger partial charge in [-0.15, -0.1) is 0 Å². The molecule has 0 saturated carbocycles. The zero-order chi connectivity index (χ0) is 16.7. The first-order valence-electron chi connectivity index (χ1n) is 8.49. The fourth-order valence-corrected chi connectivity index (χ4v) is 4.97. The maximum absolute atomic E-state index is 12.8. The first-order chi connectivity index (χ1) is 11.6. The Kier molecular flexibility index (Phi) is 3.85. The normalized spacial score (nSPS) is 17.0. The summed E-state index contributed by atoms with van der Waals surface area (Å²) in [6.07, 6.45) is 4.38. The van der Waals surface area contributed by atoms with E-state index >= 15 is 0 Å². The highest BCUT2D eigenvalue weighted by Crippen LogP contribution is 2.31. The number of imidazole rings is 1. The van der Waals surface area contributed by atoms with E-state index in [1.54, 1.807) is 0 Å². The number of rotatable bonds is 5. The van der Waals surface area contributed by atoms with E-state index in [0.717, 1.165) is 56.8 Å². The molecule has 7 heteroatoms. The van der Waals surface area contributed by atoms with Crippen molar-refractivity contribution in [1.29, 1.82) is 0 Å². The number of anilines is 1. The monoisotopic (exact) mass is 346 g/mol. The van der Waals surface area contributed by atoms with E-state index in [0.29, 0.717) is 5.69 Å². The predicted molar refractivity (Wildman–Crippen MR) is 92.2 cm³/mol. The number of hydrogen-bond acceptors (Lipinski definition) is 4. The van der Waals surface area contributed by atoms with Gasteiger partial charge in [0.1, 0.15) is 5.82 Å². The van der Waals surface area contributed by atoms with Crippen LogP contribution in [0.15, 0.2) is 29.4 Å². The van der Waals surface area contributed by atoms with Crippen LogP contribution in [0.25, 0.3) is 0 Å². The van der Waals surface area contributed by atoms with E-state index in [9.17, 15) is 8.42 Å². The minimum atomic E-state index is -3.61. The molecule has 0 radical (unpaired) electrons. The summed E-state index contributed by atoms with van der Waals surface area (Å²) in [5.41, 5.74) is 3.00. The minimum Gasteiger partial charge on any atom is -0.318 e. The fraction of sp³-hybridized carbons (Fsp3) is 0.471. The van der Waals surface area contributed by atoms with Gasteiger partial charge in [0.05, 0.1) is 11.9 Å². The minimum absolute atomic E-state index is 0.274. The number of aromatic nitrogens is 2. The molecular weight excluding hydrogens is 324 g/mol. The Morgan fingerprint density at radius 2 is 2.17 bits per heavy atom. The fourth-order valence-electron chi connectivity index (χ4n) is 3.70. The van der Waals surface area contributed by atoms with Crippen LogP contribution in [-0.2, 0) is 36.1 Å². The first kappa shape index (κ1) is 15.7. The van der Waals surface area contributed by atoms with Gasteiger partial charge in [-0.25, -0.2) is 4.98 Å². The van der Waals surface area contributed by atoms with Crippen molar-refractivity contribution in [1.82, 2.24) is 14.5 Å². The van der Waals surface area contributed by atoms with E-state index in [2.05, 4.69) is 27.6 Å². The van der Waals surface area contributed by atoms with Gasteiger partial charge in [0.15, 0.2) is 5.03 Å². The summed E-state index contributed by atoms with van der Waals surface area (Å²) in [5, 5.41) is 0.274. The lowest BCUT2D eigenvalue weighted by Crippen LogP contribution is -2.19. The van der Waals surface area contributed by atoms with Crippen LogP contribution in [0, 0.1) is 0 Å². The number of fused-ring (bicyclic) bond motifs is 2. The van der Waals surface area contributed by atoms with Crippen LogP contribution < -0.4 is 4.72 Å². The first-order valence-corrected chi connectivity index (χ1v) is 9.97. The van der Waals surface area contributed by atoms with E-state index in [1.807, 2.05) is 16.7 Å². The molecule has 1 aromatic heterocycles. The van der Waals surface area contributed by atoms with E-state index in [4.69, 9.17) is 0 Å². The molecule has 0 atom stereocenters. The molecule has 128 valence electrons. The molecule has 0 unspecified atom stereocenters. The standard InChI is InChI=1S/C17H22N4O2S/c1-2-8-20-11-13-5-3-6-15(14(13)12-20)19-24(22,23)17-10-18-16-7-4-9-21(16)17/h3,5-6,10,19H,2,4,7-9,11-12H2,1H3. The predicted octanol–water partition coefficient (Wildman–Crippen LogP) is 2.36. The Morgan fingerprint density at radius 3 is 3.00 bits per heavy atom. The average molecular weight is 346 g/mol.